The summed E-state index contributed by atoms with van der Waals surface area (Å²) in [5.74, 6) is -0.560. The van der Waals surface area contributed by atoms with E-state index in [9.17, 15) is 20.0 Å². The van der Waals surface area contributed by atoms with Crippen molar-refractivity contribution in [2.24, 2.45) is 0 Å². The molecule has 1 unspecified atom stereocenters. The van der Waals surface area contributed by atoms with Crippen molar-refractivity contribution in [2.45, 2.75) is 32.4 Å². The summed E-state index contributed by atoms with van der Waals surface area (Å²) in [7, 11) is 1.23. The van der Waals surface area contributed by atoms with E-state index < -0.39 is 23.0 Å². The van der Waals surface area contributed by atoms with Gasteiger partial charge < -0.3 is 9.84 Å². The molecule has 1 N–H and O–H groups in total. The molecule has 1 rings (SSSR count). The van der Waals surface area contributed by atoms with Crippen LogP contribution in [-0.2, 0) is 9.53 Å². The number of nitrogens with zero attached hydrogens (tertiary/aromatic N) is 1. The van der Waals surface area contributed by atoms with Crippen LogP contribution in [0.25, 0.3) is 0 Å². The molecular formula is C11H15NO5. The first-order valence-electron chi connectivity index (χ1n) is 5.19. The molecule has 17 heavy (non-hydrogen) atoms. The van der Waals surface area contributed by atoms with E-state index in [4.69, 9.17) is 0 Å². The van der Waals surface area contributed by atoms with Crippen LogP contribution in [0.3, 0.4) is 0 Å². The monoisotopic (exact) mass is 241 g/mol. The fourth-order valence-corrected chi connectivity index (χ4v) is 1.87. The molecule has 0 aromatic heterocycles. The van der Waals surface area contributed by atoms with Crippen molar-refractivity contribution in [3.05, 3.63) is 32.9 Å². The summed E-state index contributed by atoms with van der Waals surface area (Å²) >= 11 is 0. The van der Waals surface area contributed by atoms with E-state index in [2.05, 4.69) is 4.74 Å². The van der Waals surface area contributed by atoms with Crippen LogP contribution >= 0.6 is 0 Å². The minimum atomic E-state index is -1.06. The Bertz CT molecular complexity index is 408. The molecular weight excluding hydrogens is 226 g/mol. The summed E-state index contributed by atoms with van der Waals surface area (Å²) in [5.41, 5.74) is 1.21. The summed E-state index contributed by atoms with van der Waals surface area (Å²) in [4.78, 5) is 21.8. The van der Waals surface area contributed by atoms with Gasteiger partial charge in [-0.25, -0.2) is 4.79 Å². The molecule has 0 fully saturated rings. The van der Waals surface area contributed by atoms with Crippen molar-refractivity contribution < 1.29 is 19.6 Å². The van der Waals surface area contributed by atoms with Crippen molar-refractivity contribution >= 4 is 5.97 Å². The first-order valence-corrected chi connectivity index (χ1v) is 5.19. The number of allylic oxidation sites excluding steroid dienone is 2. The van der Waals surface area contributed by atoms with E-state index in [1.54, 1.807) is 6.92 Å². The van der Waals surface area contributed by atoms with Crippen molar-refractivity contribution in [3.8, 4) is 0 Å². The van der Waals surface area contributed by atoms with Crippen LogP contribution in [0.1, 0.15) is 20.3 Å². The number of carbonyl (C=O) groups excluding carboxylic acids is 1. The van der Waals surface area contributed by atoms with Crippen LogP contribution in [-0.4, -0.2) is 35.3 Å². The second-order valence-corrected chi connectivity index (χ2v) is 3.98. The standard InChI is InChI=1S/C11H15NO5/c1-6-4-9(7(2)13)10(12(15)16)5-8(6)11(14)17-3/h4,7,10,13H,5H2,1-3H3/t7?,10-/m0/s1. The van der Waals surface area contributed by atoms with Crippen molar-refractivity contribution in [1.29, 1.82) is 0 Å². The summed E-state index contributed by atoms with van der Waals surface area (Å²) < 4.78 is 4.57. The maximum atomic E-state index is 11.4. The maximum absolute atomic E-state index is 11.4. The molecule has 1 aliphatic carbocycles. The maximum Gasteiger partial charge on any atom is 0.334 e. The number of hydrogen-bond donors (Lipinski definition) is 1. The van der Waals surface area contributed by atoms with Gasteiger partial charge in [-0.15, -0.1) is 0 Å². The predicted octanol–water partition coefficient (Wildman–Crippen LogP) is 0.832. The SMILES string of the molecule is COC(=O)C1=C(C)C=C(C(C)O)[C@@H]([N+](=O)[O-])C1. The lowest BCUT2D eigenvalue weighted by Gasteiger charge is -2.22. The van der Waals surface area contributed by atoms with Gasteiger partial charge in [-0.3, -0.25) is 10.1 Å². The molecule has 0 spiro atoms. The summed E-state index contributed by atoms with van der Waals surface area (Å²) in [6.07, 6.45) is 0.551. The zero-order valence-corrected chi connectivity index (χ0v) is 9.97. The Hall–Kier alpha value is -1.69. The van der Waals surface area contributed by atoms with E-state index in [-0.39, 0.29) is 6.42 Å². The van der Waals surface area contributed by atoms with E-state index in [1.807, 2.05) is 0 Å². The largest absolute Gasteiger partial charge is 0.466 e. The smallest absolute Gasteiger partial charge is 0.334 e. The summed E-state index contributed by atoms with van der Waals surface area (Å²) in [6.45, 7) is 3.14. The highest BCUT2D eigenvalue weighted by molar-refractivity contribution is 5.90. The Labute approximate surface area is 98.7 Å². The molecule has 0 saturated heterocycles. The average Bonchev–Trinajstić information content (AvgIpc) is 2.27. The molecule has 0 aliphatic heterocycles. The molecule has 0 saturated carbocycles. The van der Waals surface area contributed by atoms with Gasteiger partial charge in [0.15, 0.2) is 0 Å². The second-order valence-electron chi connectivity index (χ2n) is 3.98. The van der Waals surface area contributed by atoms with E-state index >= 15 is 0 Å². The first kappa shape index (κ1) is 13.4. The highest BCUT2D eigenvalue weighted by atomic mass is 16.6. The lowest BCUT2D eigenvalue weighted by atomic mass is 9.87. The highest BCUT2D eigenvalue weighted by Gasteiger charge is 2.35. The fourth-order valence-electron chi connectivity index (χ4n) is 1.87. The van der Waals surface area contributed by atoms with Crippen LogP contribution in [0, 0.1) is 10.1 Å². The third-order valence-electron chi connectivity index (χ3n) is 2.81. The van der Waals surface area contributed by atoms with Crippen molar-refractivity contribution in [3.63, 3.8) is 0 Å². The number of methoxy groups -OCH3 is 1. The van der Waals surface area contributed by atoms with Gasteiger partial charge in [0.1, 0.15) is 0 Å². The molecule has 0 radical (unpaired) electrons. The minimum absolute atomic E-state index is 0.0394. The minimum Gasteiger partial charge on any atom is -0.466 e. The summed E-state index contributed by atoms with van der Waals surface area (Å²) in [5, 5.41) is 20.4. The molecule has 0 aromatic carbocycles. The third kappa shape index (κ3) is 2.71. The Morgan fingerprint density at radius 1 is 1.71 bits per heavy atom. The Balaban J connectivity index is 3.17. The van der Waals surface area contributed by atoms with Gasteiger partial charge in [-0.1, -0.05) is 6.08 Å². The lowest BCUT2D eigenvalue weighted by molar-refractivity contribution is -0.512. The zero-order chi connectivity index (χ0) is 13.2. The van der Waals surface area contributed by atoms with Crippen LogP contribution in [0.5, 0.6) is 0 Å². The third-order valence-corrected chi connectivity index (χ3v) is 2.81. The molecule has 2 atom stereocenters. The molecule has 1 aliphatic rings. The molecule has 94 valence electrons. The number of aliphatic hydroxyl groups excluding tert-OH is 1. The predicted molar refractivity (Wildman–Crippen MR) is 59.9 cm³/mol. The van der Waals surface area contributed by atoms with Gasteiger partial charge in [0.25, 0.3) is 0 Å². The normalized spacial score (nSPS) is 21.9. The van der Waals surface area contributed by atoms with Gasteiger partial charge >= 0.3 is 5.97 Å². The summed E-state index contributed by atoms with van der Waals surface area (Å²) in [6, 6.07) is -1.06. The Morgan fingerprint density at radius 2 is 2.29 bits per heavy atom. The number of carbonyl (C=O) groups is 1. The van der Waals surface area contributed by atoms with Crippen LogP contribution in [0.2, 0.25) is 0 Å². The van der Waals surface area contributed by atoms with E-state index in [0.29, 0.717) is 16.7 Å². The molecule has 0 heterocycles. The van der Waals surface area contributed by atoms with Gasteiger partial charge in [0.05, 0.1) is 19.6 Å². The Morgan fingerprint density at radius 3 is 2.71 bits per heavy atom. The lowest BCUT2D eigenvalue weighted by Crippen LogP contribution is -2.32. The highest BCUT2D eigenvalue weighted by Crippen LogP contribution is 2.28. The number of nitro groups is 1. The average molecular weight is 241 g/mol. The molecule has 0 bridgehead atoms. The zero-order valence-electron chi connectivity index (χ0n) is 9.97. The van der Waals surface area contributed by atoms with Crippen molar-refractivity contribution in [2.75, 3.05) is 7.11 Å². The van der Waals surface area contributed by atoms with E-state index in [1.165, 1.54) is 20.1 Å². The number of ether oxygens (including phenoxy) is 1. The quantitative estimate of drug-likeness (QED) is 0.449. The molecule has 0 amide bonds. The molecule has 6 nitrogen and oxygen atoms in total. The molecule has 6 heteroatoms. The number of rotatable bonds is 3. The van der Waals surface area contributed by atoms with Gasteiger partial charge in [0, 0.05) is 16.1 Å². The van der Waals surface area contributed by atoms with Crippen LogP contribution in [0.15, 0.2) is 22.8 Å². The Kier molecular flexibility index (Phi) is 4.01. The van der Waals surface area contributed by atoms with E-state index in [0.717, 1.165) is 0 Å². The van der Waals surface area contributed by atoms with Crippen molar-refractivity contribution in [1.82, 2.24) is 0 Å². The van der Waals surface area contributed by atoms with Crippen LogP contribution < -0.4 is 0 Å². The first-order chi connectivity index (χ1) is 7.88. The van der Waals surface area contributed by atoms with Gasteiger partial charge in [-0.05, 0) is 19.4 Å². The van der Waals surface area contributed by atoms with Crippen LogP contribution in [0.4, 0.5) is 0 Å². The number of hydrogen-bond acceptors (Lipinski definition) is 5. The molecule has 0 aromatic rings. The number of aliphatic hydroxyl groups is 1. The fraction of sp³-hybridized carbons (Fsp3) is 0.545. The van der Waals surface area contributed by atoms with Gasteiger partial charge in [0.2, 0.25) is 6.04 Å². The topological polar surface area (TPSA) is 89.7 Å². The second kappa shape index (κ2) is 5.09. The van der Waals surface area contributed by atoms with Gasteiger partial charge in [-0.2, -0.15) is 0 Å². The number of esters is 1.